The standard InChI is InChI=1S/C15H14Cl2N2O2/c1-9(21-14-7-10(16)5-6-13(14)17)15(20)19-12-4-2-3-11(18)8-12/h2-9H,18H2,1H3,(H,19,20). The van der Waals surface area contributed by atoms with Crippen LogP contribution in [0.15, 0.2) is 42.5 Å². The van der Waals surface area contributed by atoms with Gasteiger partial charge in [0.05, 0.1) is 5.02 Å². The first kappa shape index (κ1) is 15.5. The molecule has 0 saturated carbocycles. The number of hydrogen-bond donors (Lipinski definition) is 2. The third-order valence-electron chi connectivity index (χ3n) is 2.72. The van der Waals surface area contributed by atoms with Crippen LogP contribution in [0.25, 0.3) is 0 Å². The maximum absolute atomic E-state index is 12.1. The molecule has 0 radical (unpaired) electrons. The summed E-state index contributed by atoms with van der Waals surface area (Å²) in [6.07, 6.45) is -0.734. The molecular weight excluding hydrogens is 311 g/mol. The maximum Gasteiger partial charge on any atom is 0.265 e. The third-order valence-corrected chi connectivity index (χ3v) is 3.27. The predicted octanol–water partition coefficient (Wildman–Crippen LogP) is 3.98. The number of nitrogen functional groups attached to an aromatic ring is 1. The van der Waals surface area contributed by atoms with E-state index < -0.39 is 6.10 Å². The number of nitrogens with two attached hydrogens (primary N) is 1. The number of benzene rings is 2. The first-order chi connectivity index (χ1) is 9.95. The van der Waals surface area contributed by atoms with Crippen LogP contribution in [0.5, 0.6) is 5.75 Å². The van der Waals surface area contributed by atoms with Gasteiger partial charge in [-0.3, -0.25) is 4.79 Å². The van der Waals surface area contributed by atoms with E-state index in [0.29, 0.717) is 27.2 Å². The van der Waals surface area contributed by atoms with Crippen LogP contribution in [-0.4, -0.2) is 12.0 Å². The highest BCUT2D eigenvalue weighted by Crippen LogP contribution is 2.28. The van der Waals surface area contributed by atoms with Gasteiger partial charge in [-0.15, -0.1) is 0 Å². The van der Waals surface area contributed by atoms with Crippen LogP contribution in [0, 0.1) is 0 Å². The molecule has 1 amide bonds. The summed E-state index contributed by atoms with van der Waals surface area (Å²) < 4.78 is 5.53. The number of amides is 1. The van der Waals surface area contributed by atoms with Crippen LogP contribution >= 0.6 is 23.2 Å². The fraction of sp³-hybridized carbons (Fsp3) is 0.133. The molecule has 2 rings (SSSR count). The molecule has 0 aliphatic heterocycles. The van der Waals surface area contributed by atoms with Crippen molar-refractivity contribution in [2.45, 2.75) is 13.0 Å². The highest BCUT2D eigenvalue weighted by atomic mass is 35.5. The Morgan fingerprint density at radius 2 is 2.00 bits per heavy atom. The Labute approximate surface area is 132 Å². The van der Waals surface area contributed by atoms with Gasteiger partial charge in [0.1, 0.15) is 5.75 Å². The normalized spacial score (nSPS) is 11.8. The van der Waals surface area contributed by atoms with Crippen molar-refractivity contribution in [1.29, 1.82) is 0 Å². The van der Waals surface area contributed by atoms with Gasteiger partial charge in [-0.1, -0.05) is 29.3 Å². The lowest BCUT2D eigenvalue weighted by Gasteiger charge is -2.16. The number of nitrogens with one attached hydrogen (secondary N) is 1. The summed E-state index contributed by atoms with van der Waals surface area (Å²) in [5.41, 5.74) is 6.83. The molecule has 2 aromatic rings. The first-order valence-corrected chi connectivity index (χ1v) is 6.99. The van der Waals surface area contributed by atoms with Gasteiger partial charge < -0.3 is 15.8 Å². The van der Waals surface area contributed by atoms with Crippen LogP contribution in [0.1, 0.15) is 6.92 Å². The fourth-order valence-corrected chi connectivity index (χ4v) is 2.00. The van der Waals surface area contributed by atoms with Gasteiger partial charge >= 0.3 is 0 Å². The molecule has 0 spiro atoms. The number of ether oxygens (including phenoxy) is 1. The van der Waals surface area contributed by atoms with Crippen LogP contribution in [0.3, 0.4) is 0 Å². The van der Waals surface area contributed by atoms with E-state index in [1.807, 2.05) is 0 Å². The highest BCUT2D eigenvalue weighted by Gasteiger charge is 2.16. The molecule has 6 heteroatoms. The summed E-state index contributed by atoms with van der Waals surface area (Å²) in [7, 11) is 0. The highest BCUT2D eigenvalue weighted by molar-refractivity contribution is 6.34. The molecule has 110 valence electrons. The first-order valence-electron chi connectivity index (χ1n) is 6.24. The van der Waals surface area contributed by atoms with Gasteiger partial charge in [-0.2, -0.15) is 0 Å². The SMILES string of the molecule is CC(Oc1cc(Cl)ccc1Cl)C(=O)Nc1cccc(N)c1. The van der Waals surface area contributed by atoms with Crippen molar-refractivity contribution >= 4 is 40.5 Å². The molecule has 0 aromatic heterocycles. The van der Waals surface area contributed by atoms with Crippen LogP contribution in [-0.2, 0) is 4.79 Å². The molecule has 0 bridgehead atoms. The number of halogens is 2. The second-order valence-corrected chi connectivity index (χ2v) is 5.29. The molecule has 2 aromatic carbocycles. The van der Waals surface area contributed by atoms with E-state index in [1.54, 1.807) is 49.4 Å². The van der Waals surface area contributed by atoms with E-state index in [0.717, 1.165) is 0 Å². The topological polar surface area (TPSA) is 64.3 Å². The minimum absolute atomic E-state index is 0.309. The molecule has 0 heterocycles. The molecule has 0 aliphatic rings. The van der Waals surface area contributed by atoms with Crippen molar-refractivity contribution in [1.82, 2.24) is 0 Å². The zero-order valence-electron chi connectivity index (χ0n) is 11.3. The Hall–Kier alpha value is -1.91. The van der Waals surface area contributed by atoms with E-state index in [-0.39, 0.29) is 5.91 Å². The number of anilines is 2. The quantitative estimate of drug-likeness (QED) is 0.836. The summed E-state index contributed by atoms with van der Waals surface area (Å²) >= 11 is 11.9. The van der Waals surface area contributed by atoms with E-state index in [9.17, 15) is 4.79 Å². The van der Waals surface area contributed by atoms with Crippen molar-refractivity contribution < 1.29 is 9.53 Å². The van der Waals surface area contributed by atoms with Gasteiger partial charge in [-0.05, 0) is 37.3 Å². The van der Waals surface area contributed by atoms with Crippen molar-refractivity contribution in [2.75, 3.05) is 11.1 Å². The zero-order chi connectivity index (χ0) is 15.4. The molecule has 1 atom stereocenters. The van der Waals surface area contributed by atoms with Crippen LogP contribution < -0.4 is 15.8 Å². The number of hydrogen-bond acceptors (Lipinski definition) is 3. The second-order valence-electron chi connectivity index (χ2n) is 4.45. The smallest absolute Gasteiger partial charge is 0.265 e. The minimum atomic E-state index is -0.734. The number of rotatable bonds is 4. The van der Waals surface area contributed by atoms with Gasteiger partial charge in [0, 0.05) is 22.5 Å². The minimum Gasteiger partial charge on any atom is -0.479 e. The monoisotopic (exact) mass is 324 g/mol. The molecule has 0 aliphatic carbocycles. The van der Waals surface area contributed by atoms with Crippen molar-refractivity contribution in [3.8, 4) is 5.75 Å². The van der Waals surface area contributed by atoms with Crippen LogP contribution in [0.4, 0.5) is 11.4 Å². The number of carbonyl (C=O) groups is 1. The Balaban J connectivity index is 2.04. The molecule has 1 unspecified atom stereocenters. The van der Waals surface area contributed by atoms with Crippen molar-refractivity contribution in [3.63, 3.8) is 0 Å². The van der Waals surface area contributed by atoms with E-state index in [1.165, 1.54) is 0 Å². The molecule has 4 nitrogen and oxygen atoms in total. The Bertz CT molecular complexity index is 662. The molecular formula is C15H14Cl2N2O2. The van der Waals surface area contributed by atoms with Gasteiger partial charge in [0.25, 0.3) is 5.91 Å². The van der Waals surface area contributed by atoms with Gasteiger partial charge in [-0.25, -0.2) is 0 Å². The molecule has 0 fully saturated rings. The van der Waals surface area contributed by atoms with Crippen LogP contribution in [0.2, 0.25) is 10.0 Å². The fourth-order valence-electron chi connectivity index (χ4n) is 1.67. The average Bonchev–Trinajstić information content (AvgIpc) is 2.43. The molecule has 0 saturated heterocycles. The van der Waals surface area contributed by atoms with E-state index in [4.69, 9.17) is 33.7 Å². The lowest BCUT2D eigenvalue weighted by molar-refractivity contribution is -0.122. The third kappa shape index (κ3) is 4.28. The van der Waals surface area contributed by atoms with Crippen molar-refractivity contribution in [2.24, 2.45) is 0 Å². The van der Waals surface area contributed by atoms with E-state index >= 15 is 0 Å². The Morgan fingerprint density at radius 3 is 2.71 bits per heavy atom. The van der Waals surface area contributed by atoms with Crippen molar-refractivity contribution in [3.05, 3.63) is 52.5 Å². The summed E-state index contributed by atoms with van der Waals surface area (Å²) in [6, 6.07) is 11.7. The number of carbonyl (C=O) groups excluding carboxylic acids is 1. The lowest BCUT2D eigenvalue weighted by Crippen LogP contribution is -2.30. The molecule has 21 heavy (non-hydrogen) atoms. The second kappa shape index (κ2) is 6.70. The predicted molar refractivity (Wildman–Crippen MR) is 86.0 cm³/mol. The van der Waals surface area contributed by atoms with Gasteiger partial charge in [0.2, 0.25) is 0 Å². The summed E-state index contributed by atoms with van der Waals surface area (Å²) in [5, 5.41) is 3.59. The molecule has 3 N–H and O–H groups in total. The summed E-state index contributed by atoms with van der Waals surface area (Å²) in [5.74, 6) is 0.0519. The van der Waals surface area contributed by atoms with Gasteiger partial charge in [0.15, 0.2) is 6.10 Å². The average molecular weight is 325 g/mol. The zero-order valence-corrected chi connectivity index (χ0v) is 12.8. The lowest BCUT2D eigenvalue weighted by atomic mass is 10.2. The summed E-state index contributed by atoms with van der Waals surface area (Å²) in [6.45, 7) is 1.62. The largest absolute Gasteiger partial charge is 0.479 e. The summed E-state index contributed by atoms with van der Waals surface area (Å²) in [4.78, 5) is 12.1. The maximum atomic E-state index is 12.1. The van der Waals surface area contributed by atoms with E-state index in [2.05, 4.69) is 5.32 Å². The Kier molecular flexibility index (Phi) is 4.94. The Morgan fingerprint density at radius 1 is 1.24 bits per heavy atom.